The van der Waals surface area contributed by atoms with Crippen LogP contribution in [-0.4, -0.2) is 17.9 Å². The number of hydrogen-bond donors (Lipinski definition) is 0. The van der Waals surface area contributed by atoms with Crippen molar-refractivity contribution in [1.82, 2.24) is 4.90 Å². The van der Waals surface area contributed by atoms with Gasteiger partial charge in [0.1, 0.15) is 0 Å². The van der Waals surface area contributed by atoms with Crippen molar-refractivity contribution in [2.24, 2.45) is 17.8 Å². The SMILES string of the molecule is CN(C(=O)C1CC2CCC1C2)C1CCc2ccccc21. The smallest absolute Gasteiger partial charge is 0.226 e. The summed E-state index contributed by atoms with van der Waals surface area (Å²) in [4.78, 5) is 14.9. The minimum atomic E-state index is 0.317. The standard InChI is InChI=1S/C18H23NO/c1-19(17-9-8-13-4-2-3-5-15(13)17)18(20)16-11-12-6-7-14(16)10-12/h2-5,12,14,16-17H,6-11H2,1H3. The zero-order chi connectivity index (χ0) is 13.7. The van der Waals surface area contributed by atoms with Crippen LogP contribution in [0, 0.1) is 17.8 Å². The van der Waals surface area contributed by atoms with Gasteiger partial charge in [-0.25, -0.2) is 0 Å². The van der Waals surface area contributed by atoms with Crippen LogP contribution in [0.5, 0.6) is 0 Å². The average Bonchev–Trinajstić information content (AvgIpc) is 3.19. The quantitative estimate of drug-likeness (QED) is 0.803. The summed E-state index contributed by atoms with van der Waals surface area (Å²) in [6, 6.07) is 8.95. The van der Waals surface area contributed by atoms with E-state index in [2.05, 4.69) is 29.2 Å². The molecule has 4 unspecified atom stereocenters. The van der Waals surface area contributed by atoms with Gasteiger partial charge in [0.05, 0.1) is 6.04 Å². The molecular weight excluding hydrogens is 246 g/mol. The second-order valence-electron chi connectivity index (χ2n) is 6.98. The van der Waals surface area contributed by atoms with Crippen LogP contribution < -0.4 is 0 Å². The second-order valence-corrected chi connectivity index (χ2v) is 6.98. The van der Waals surface area contributed by atoms with Gasteiger partial charge in [0, 0.05) is 13.0 Å². The number of hydrogen-bond acceptors (Lipinski definition) is 1. The van der Waals surface area contributed by atoms with Crippen LogP contribution >= 0.6 is 0 Å². The Morgan fingerprint density at radius 3 is 2.75 bits per heavy atom. The van der Waals surface area contributed by atoms with Crippen molar-refractivity contribution in [3.8, 4) is 0 Å². The molecule has 2 bridgehead atoms. The van der Waals surface area contributed by atoms with Gasteiger partial charge in [-0.15, -0.1) is 0 Å². The fourth-order valence-electron chi connectivity index (χ4n) is 4.90. The van der Waals surface area contributed by atoms with Gasteiger partial charge in [-0.2, -0.15) is 0 Å². The molecule has 3 aliphatic carbocycles. The highest BCUT2D eigenvalue weighted by atomic mass is 16.2. The largest absolute Gasteiger partial charge is 0.338 e. The first-order chi connectivity index (χ1) is 9.74. The molecule has 0 spiro atoms. The lowest BCUT2D eigenvalue weighted by Crippen LogP contribution is -2.37. The van der Waals surface area contributed by atoms with Crippen molar-refractivity contribution in [2.75, 3.05) is 7.05 Å². The highest BCUT2D eigenvalue weighted by molar-refractivity contribution is 5.80. The molecular formula is C18H23NO. The number of rotatable bonds is 2. The molecule has 4 atom stereocenters. The Morgan fingerprint density at radius 2 is 2.00 bits per heavy atom. The van der Waals surface area contributed by atoms with Gasteiger partial charge < -0.3 is 4.90 Å². The van der Waals surface area contributed by atoms with E-state index in [4.69, 9.17) is 0 Å². The zero-order valence-electron chi connectivity index (χ0n) is 12.2. The molecule has 3 aliphatic rings. The van der Waals surface area contributed by atoms with Crippen LogP contribution in [0.4, 0.5) is 0 Å². The summed E-state index contributed by atoms with van der Waals surface area (Å²) in [6.07, 6.45) is 7.34. The lowest BCUT2D eigenvalue weighted by Gasteiger charge is -2.31. The van der Waals surface area contributed by atoms with Crippen LogP contribution in [0.3, 0.4) is 0 Å². The van der Waals surface area contributed by atoms with E-state index >= 15 is 0 Å². The van der Waals surface area contributed by atoms with E-state index in [0.717, 1.165) is 25.2 Å². The van der Waals surface area contributed by atoms with E-state index in [1.165, 1.54) is 30.4 Å². The fourth-order valence-corrected chi connectivity index (χ4v) is 4.90. The third-order valence-electron chi connectivity index (χ3n) is 5.97. The molecule has 0 heterocycles. The molecule has 2 heteroatoms. The predicted molar refractivity (Wildman–Crippen MR) is 79.2 cm³/mol. The number of aryl methyl sites for hydroxylation is 1. The van der Waals surface area contributed by atoms with E-state index in [1.54, 1.807) is 0 Å². The molecule has 2 nitrogen and oxygen atoms in total. The average molecular weight is 269 g/mol. The molecule has 1 aromatic carbocycles. The van der Waals surface area contributed by atoms with Crippen LogP contribution in [0.15, 0.2) is 24.3 Å². The summed E-state index contributed by atoms with van der Waals surface area (Å²) in [5.74, 6) is 2.27. The van der Waals surface area contributed by atoms with E-state index < -0.39 is 0 Å². The third kappa shape index (κ3) is 1.81. The molecule has 20 heavy (non-hydrogen) atoms. The van der Waals surface area contributed by atoms with Gasteiger partial charge in [0.25, 0.3) is 0 Å². The molecule has 0 N–H and O–H groups in total. The van der Waals surface area contributed by atoms with Crippen molar-refractivity contribution in [3.63, 3.8) is 0 Å². The van der Waals surface area contributed by atoms with Gasteiger partial charge in [-0.05, 0) is 55.1 Å². The molecule has 1 aromatic rings. The van der Waals surface area contributed by atoms with E-state index in [0.29, 0.717) is 23.8 Å². The van der Waals surface area contributed by atoms with E-state index in [-0.39, 0.29) is 0 Å². The molecule has 0 aliphatic heterocycles. The van der Waals surface area contributed by atoms with E-state index in [9.17, 15) is 4.79 Å². The van der Waals surface area contributed by atoms with Gasteiger partial charge >= 0.3 is 0 Å². The minimum Gasteiger partial charge on any atom is -0.338 e. The molecule has 1 amide bonds. The maximum atomic E-state index is 12.9. The molecule has 0 saturated heterocycles. The van der Waals surface area contributed by atoms with Crippen molar-refractivity contribution in [1.29, 1.82) is 0 Å². The van der Waals surface area contributed by atoms with Crippen molar-refractivity contribution in [3.05, 3.63) is 35.4 Å². The Labute approximate surface area is 121 Å². The molecule has 106 valence electrons. The Bertz CT molecular complexity index is 538. The molecule has 0 aromatic heterocycles. The zero-order valence-corrected chi connectivity index (χ0v) is 12.2. The van der Waals surface area contributed by atoms with Gasteiger partial charge in [-0.1, -0.05) is 30.7 Å². The van der Waals surface area contributed by atoms with Gasteiger partial charge in [-0.3, -0.25) is 4.79 Å². The first-order valence-electron chi connectivity index (χ1n) is 8.08. The number of benzene rings is 1. The van der Waals surface area contributed by atoms with Crippen LogP contribution in [0.1, 0.15) is 49.3 Å². The molecule has 4 rings (SSSR count). The number of nitrogens with zero attached hydrogens (tertiary/aromatic N) is 1. The number of carbonyl (C=O) groups excluding carboxylic acids is 1. The summed E-state index contributed by atoms with van der Waals surface area (Å²) in [7, 11) is 2.03. The molecule has 2 saturated carbocycles. The number of fused-ring (bicyclic) bond motifs is 3. The summed E-state index contributed by atoms with van der Waals surface area (Å²) >= 11 is 0. The van der Waals surface area contributed by atoms with Crippen LogP contribution in [-0.2, 0) is 11.2 Å². The van der Waals surface area contributed by atoms with Gasteiger partial charge in [0.2, 0.25) is 5.91 Å². The Hall–Kier alpha value is -1.31. The summed E-state index contributed by atoms with van der Waals surface area (Å²) in [5, 5.41) is 0. The first-order valence-corrected chi connectivity index (χ1v) is 8.08. The maximum absolute atomic E-state index is 12.9. The Kier molecular flexibility index (Phi) is 2.87. The highest BCUT2D eigenvalue weighted by Crippen LogP contribution is 2.49. The van der Waals surface area contributed by atoms with Crippen LogP contribution in [0.2, 0.25) is 0 Å². The third-order valence-corrected chi connectivity index (χ3v) is 5.97. The van der Waals surface area contributed by atoms with E-state index in [1.807, 2.05) is 7.05 Å². The van der Waals surface area contributed by atoms with Crippen LogP contribution in [0.25, 0.3) is 0 Å². The number of carbonyl (C=O) groups is 1. The lowest BCUT2D eigenvalue weighted by atomic mass is 9.87. The number of amides is 1. The molecule has 0 radical (unpaired) electrons. The second kappa shape index (κ2) is 4.61. The van der Waals surface area contributed by atoms with Gasteiger partial charge in [0.15, 0.2) is 0 Å². The molecule has 2 fully saturated rings. The van der Waals surface area contributed by atoms with Crippen molar-refractivity contribution < 1.29 is 4.79 Å². The maximum Gasteiger partial charge on any atom is 0.226 e. The van der Waals surface area contributed by atoms with Crippen molar-refractivity contribution in [2.45, 2.75) is 44.6 Å². The predicted octanol–water partition coefficient (Wildman–Crippen LogP) is 3.57. The Morgan fingerprint density at radius 1 is 1.15 bits per heavy atom. The fraction of sp³-hybridized carbons (Fsp3) is 0.611. The summed E-state index contributed by atoms with van der Waals surface area (Å²) < 4.78 is 0. The summed E-state index contributed by atoms with van der Waals surface area (Å²) in [6.45, 7) is 0. The summed E-state index contributed by atoms with van der Waals surface area (Å²) in [5.41, 5.74) is 2.82. The normalized spacial score (nSPS) is 34.2. The Balaban J connectivity index is 1.53. The monoisotopic (exact) mass is 269 g/mol. The van der Waals surface area contributed by atoms with Crippen molar-refractivity contribution >= 4 is 5.91 Å². The highest BCUT2D eigenvalue weighted by Gasteiger charge is 2.45. The minimum absolute atomic E-state index is 0.317. The lowest BCUT2D eigenvalue weighted by molar-refractivity contribution is -0.138. The topological polar surface area (TPSA) is 20.3 Å². The first kappa shape index (κ1) is 12.4.